The van der Waals surface area contributed by atoms with Crippen molar-refractivity contribution in [3.63, 3.8) is 0 Å². The molecule has 0 saturated carbocycles. The molecular formula is C12H14ClF3N2OS. The molecule has 2 N–H and O–H groups in total. The van der Waals surface area contributed by atoms with Crippen LogP contribution in [-0.4, -0.2) is 25.4 Å². The molecule has 0 atom stereocenters. The van der Waals surface area contributed by atoms with Crippen LogP contribution >= 0.6 is 23.8 Å². The van der Waals surface area contributed by atoms with Gasteiger partial charge in [-0.2, -0.15) is 13.2 Å². The van der Waals surface area contributed by atoms with E-state index in [1.165, 1.54) is 12.1 Å². The molecule has 0 aliphatic rings. The molecule has 0 fully saturated rings. The Bertz CT molecular complexity index is 469. The lowest BCUT2D eigenvalue weighted by atomic mass is 10.1. The fraction of sp³-hybridized carbons (Fsp3) is 0.417. The van der Waals surface area contributed by atoms with Gasteiger partial charge < -0.3 is 15.4 Å². The molecule has 112 valence electrons. The maximum absolute atomic E-state index is 12.8. The molecular weight excluding hydrogens is 313 g/mol. The number of hydrogen-bond acceptors (Lipinski definition) is 2. The number of ether oxygens (including phenoxy) is 1. The average molecular weight is 327 g/mol. The van der Waals surface area contributed by atoms with Crippen LogP contribution in [0, 0.1) is 0 Å². The number of nitrogens with one attached hydrogen (secondary N) is 2. The van der Waals surface area contributed by atoms with Gasteiger partial charge in [0.2, 0.25) is 0 Å². The summed E-state index contributed by atoms with van der Waals surface area (Å²) in [6.07, 6.45) is -3.78. The van der Waals surface area contributed by atoms with Crippen LogP contribution in [0.3, 0.4) is 0 Å². The molecule has 0 radical (unpaired) electrons. The summed E-state index contributed by atoms with van der Waals surface area (Å²) in [5.41, 5.74) is -0.989. The molecule has 0 spiro atoms. The third-order valence-electron chi connectivity index (χ3n) is 2.35. The van der Waals surface area contributed by atoms with E-state index in [1.807, 2.05) is 0 Å². The standard InChI is InChI=1S/C12H14ClF3N2OS/c1-19-6-2-5-17-11(20)18-10-7-8(13)3-4-9(10)12(14,15)16/h3-4,7H,2,5-6H2,1H3,(H2,17,18,20). The predicted octanol–water partition coefficient (Wildman–Crippen LogP) is 3.68. The van der Waals surface area contributed by atoms with Gasteiger partial charge >= 0.3 is 6.18 Å². The summed E-state index contributed by atoms with van der Waals surface area (Å²) in [7, 11) is 1.57. The van der Waals surface area contributed by atoms with Crippen molar-refractivity contribution in [2.45, 2.75) is 12.6 Å². The van der Waals surface area contributed by atoms with E-state index in [-0.39, 0.29) is 15.8 Å². The first-order chi connectivity index (χ1) is 9.34. The fourth-order valence-electron chi connectivity index (χ4n) is 1.45. The van der Waals surface area contributed by atoms with E-state index in [0.29, 0.717) is 19.6 Å². The monoisotopic (exact) mass is 326 g/mol. The lowest BCUT2D eigenvalue weighted by molar-refractivity contribution is -0.136. The lowest BCUT2D eigenvalue weighted by Crippen LogP contribution is -2.30. The first kappa shape index (κ1) is 17.0. The van der Waals surface area contributed by atoms with Gasteiger partial charge in [-0.05, 0) is 36.8 Å². The molecule has 8 heteroatoms. The summed E-state index contributed by atoms with van der Waals surface area (Å²) in [6.45, 7) is 1.04. The molecule has 0 aromatic heterocycles. The number of benzene rings is 1. The molecule has 0 heterocycles. The molecule has 3 nitrogen and oxygen atoms in total. The Balaban J connectivity index is 2.71. The highest BCUT2D eigenvalue weighted by Crippen LogP contribution is 2.36. The van der Waals surface area contributed by atoms with E-state index in [0.717, 1.165) is 6.07 Å². The lowest BCUT2D eigenvalue weighted by Gasteiger charge is -2.16. The van der Waals surface area contributed by atoms with Crippen molar-refractivity contribution in [3.8, 4) is 0 Å². The Morgan fingerprint density at radius 3 is 2.70 bits per heavy atom. The van der Waals surface area contributed by atoms with Gasteiger partial charge in [-0.25, -0.2) is 0 Å². The average Bonchev–Trinajstić information content (AvgIpc) is 2.33. The fourth-order valence-corrected chi connectivity index (χ4v) is 1.84. The SMILES string of the molecule is COCCCNC(=S)Nc1cc(Cl)ccc1C(F)(F)F. The number of halogens is 4. The molecule has 0 aliphatic carbocycles. The molecule has 1 aromatic rings. The van der Waals surface area contributed by atoms with Crippen molar-refractivity contribution in [2.24, 2.45) is 0 Å². The summed E-state index contributed by atoms with van der Waals surface area (Å²) < 4.78 is 43.3. The maximum Gasteiger partial charge on any atom is 0.418 e. The van der Waals surface area contributed by atoms with Crippen LogP contribution in [-0.2, 0) is 10.9 Å². The van der Waals surface area contributed by atoms with E-state index in [4.69, 9.17) is 28.6 Å². The Labute approximate surface area is 125 Å². The maximum atomic E-state index is 12.8. The predicted molar refractivity (Wildman–Crippen MR) is 77.2 cm³/mol. The van der Waals surface area contributed by atoms with Crippen molar-refractivity contribution in [3.05, 3.63) is 28.8 Å². The topological polar surface area (TPSA) is 33.3 Å². The van der Waals surface area contributed by atoms with Gasteiger partial charge in [-0.1, -0.05) is 11.6 Å². The van der Waals surface area contributed by atoms with E-state index in [9.17, 15) is 13.2 Å². The summed E-state index contributed by atoms with van der Waals surface area (Å²) in [5.74, 6) is 0. The van der Waals surface area contributed by atoms with E-state index < -0.39 is 11.7 Å². The first-order valence-corrected chi connectivity index (χ1v) is 6.53. The minimum absolute atomic E-state index is 0.105. The molecule has 1 rings (SSSR count). The zero-order valence-electron chi connectivity index (χ0n) is 10.7. The van der Waals surface area contributed by atoms with Crippen molar-refractivity contribution >= 4 is 34.6 Å². The zero-order chi connectivity index (χ0) is 15.2. The van der Waals surface area contributed by atoms with Crippen LogP contribution in [0.4, 0.5) is 18.9 Å². The zero-order valence-corrected chi connectivity index (χ0v) is 12.3. The third kappa shape index (κ3) is 5.52. The summed E-state index contributed by atoms with van der Waals surface area (Å²) in [5, 5.41) is 5.61. The van der Waals surface area contributed by atoms with Crippen molar-refractivity contribution in [2.75, 3.05) is 25.6 Å². The number of hydrogen-bond donors (Lipinski definition) is 2. The second-order valence-corrected chi connectivity index (χ2v) is 4.76. The summed E-state index contributed by atoms with van der Waals surface area (Å²) in [6, 6.07) is 3.29. The molecule has 0 saturated heterocycles. The molecule has 0 aliphatic heterocycles. The highest BCUT2D eigenvalue weighted by Gasteiger charge is 2.33. The Hall–Kier alpha value is -1.05. The smallest absolute Gasteiger partial charge is 0.385 e. The van der Waals surface area contributed by atoms with Crippen LogP contribution in [0.25, 0.3) is 0 Å². The number of rotatable bonds is 5. The van der Waals surface area contributed by atoms with Crippen molar-refractivity contribution in [1.29, 1.82) is 0 Å². The summed E-state index contributed by atoms with van der Waals surface area (Å²) in [4.78, 5) is 0. The van der Waals surface area contributed by atoms with Gasteiger partial charge in [0, 0.05) is 25.3 Å². The van der Waals surface area contributed by atoms with E-state index in [2.05, 4.69) is 10.6 Å². The highest BCUT2D eigenvalue weighted by molar-refractivity contribution is 7.80. The second kappa shape index (κ2) is 7.66. The van der Waals surface area contributed by atoms with Crippen molar-refractivity contribution < 1.29 is 17.9 Å². The van der Waals surface area contributed by atoms with Gasteiger partial charge in [-0.15, -0.1) is 0 Å². The number of methoxy groups -OCH3 is 1. The Kier molecular flexibility index (Phi) is 6.51. The normalized spacial score (nSPS) is 11.2. The van der Waals surface area contributed by atoms with Crippen LogP contribution in [0.2, 0.25) is 5.02 Å². The second-order valence-electron chi connectivity index (χ2n) is 3.91. The van der Waals surface area contributed by atoms with Gasteiger partial charge in [0.05, 0.1) is 11.3 Å². The Morgan fingerprint density at radius 1 is 1.40 bits per heavy atom. The molecule has 0 unspecified atom stereocenters. The molecule has 0 amide bonds. The van der Waals surface area contributed by atoms with E-state index >= 15 is 0 Å². The minimum atomic E-state index is -4.47. The quantitative estimate of drug-likeness (QED) is 0.639. The third-order valence-corrected chi connectivity index (χ3v) is 2.83. The van der Waals surface area contributed by atoms with Gasteiger partial charge in [0.25, 0.3) is 0 Å². The van der Waals surface area contributed by atoms with Gasteiger partial charge in [0.15, 0.2) is 5.11 Å². The largest absolute Gasteiger partial charge is 0.418 e. The van der Waals surface area contributed by atoms with Crippen LogP contribution < -0.4 is 10.6 Å². The minimum Gasteiger partial charge on any atom is -0.385 e. The van der Waals surface area contributed by atoms with E-state index in [1.54, 1.807) is 7.11 Å². The van der Waals surface area contributed by atoms with Gasteiger partial charge in [-0.3, -0.25) is 0 Å². The molecule has 0 bridgehead atoms. The van der Waals surface area contributed by atoms with Crippen LogP contribution in [0.1, 0.15) is 12.0 Å². The molecule has 1 aromatic carbocycles. The van der Waals surface area contributed by atoms with Crippen LogP contribution in [0.5, 0.6) is 0 Å². The highest BCUT2D eigenvalue weighted by atomic mass is 35.5. The van der Waals surface area contributed by atoms with Crippen molar-refractivity contribution in [1.82, 2.24) is 5.32 Å². The number of thiocarbonyl (C=S) groups is 1. The first-order valence-electron chi connectivity index (χ1n) is 5.75. The van der Waals surface area contributed by atoms with Gasteiger partial charge in [0.1, 0.15) is 0 Å². The summed E-state index contributed by atoms with van der Waals surface area (Å²) >= 11 is 10.6. The number of alkyl halides is 3. The van der Waals surface area contributed by atoms with Crippen LogP contribution in [0.15, 0.2) is 18.2 Å². The number of anilines is 1. The molecule has 20 heavy (non-hydrogen) atoms. The Morgan fingerprint density at radius 2 is 2.10 bits per heavy atom.